The molecule has 0 radical (unpaired) electrons. The summed E-state index contributed by atoms with van der Waals surface area (Å²) < 4.78 is 44.0. The molecule has 15 heteroatoms. The molecular weight excluding hydrogens is 541 g/mol. The van der Waals surface area contributed by atoms with Crippen molar-refractivity contribution in [2.45, 2.75) is 71.1 Å². The lowest BCUT2D eigenvalue weighted by Gasteiger charge is -2.26. The van der Waals surface area contributed by atoms with E-state index in [2.05, 4.69) is 20.0 Å². The minimum atomic E-state index is -4.07. The Morgan fingerprint density at radius 3 is 2.67 bits per heavy atom. The second kappa shape index (κ2) is 12.1. The SMILES string of the molecule is CCOc1nc(N)nc2c1ncn2C1OC(COP(=O)(NC(C)C(=O)OC(C)C)Oc2ccccc2)CC1(C)N. The highest BCUT2D eigenvalue weighted by Crippen LogP contribution is 2.47. The lowest BCUT2D eigenvalue weighted by molar-refractivity contribution is -0.149. The van der Waals surface area contributed by atoms with Crippen LogP contribution >= 0.6 is 7.75 Å². The Bertz CT molecular complexity index is 1370. The van der Waals surface area contributed by atoms with Gasteiger partial charge in [-0.05, 0) is 53.2 Å². The average Bonchev–Trinajstić information content (AvgIpc) is 3.42. The van der Waals surface area contributed by atoms with Crippen LogP contribution in [0, 0.1) is 0 Å². The lowest BCUT2D eigenvalue weighted by atomic mass is 9.97. The number of anilines is 1. The molecule has 0 spiro atoms. The average molecular weight is 578 g/mol. The Labute approximate surface area is 232 Å². The van der Waals surface area contributed by atoms with E-state index in [-0.39, 0.29) is 24.5 Å². The molecule has 218 valence electrons. The van der Waals surface area contributed by atoms with Gasteiger partial charge in [0.25, 0.3) is 0 Å². The summed E-state index contributed by atoms with van der Waals surface area (Å²) in [5.74, 6) is -0.0224. The number of rotatable bonds is 12. The van der Waals surface area contributed by atoms with Gasteiger partial charge in [-0.2, -0.15) is 15.1 Å². The van der Waals surface area contributed by atoms with Crippen molar-refractivity contribution in [3.05, 3.63) is 36.7 Å². The zero-order valence-electron chi connectivity index (χ0n) is 23.1. The first-order valence-corrected chi connectivity index (χ1v) is 14.5. The molecule has 1 aliphatic heterocycles. The summed E-state index contributed by atoms with van der Waals surface area (Å²) in [5.41, 5.74) is 12.5. The van der Waals surface area contributed by atoms with Crippen LogP contribution in [0.5, 0.6) is 11.6 Å². The minimum absolute atomic E-state index is 0.0180. The van der Waals surface area contributed by atoms with E-state index < -0.39 is 37.6 Å². The van der Waals surface area contributed by atoms with Gasteiger partial charge in [-0.15, -0.1) is 0 Å². The van der Waals surface area contributed by atoms with E-state index in [0.29, 0.717) is 29.9 Å². The fourth-order valence-electron chi connectivity index (χ4n) is 4.29. The molecule has 1 aromatic carbocycles. The summed E-state index contributed by atoms with van der Waals surface area (Å²) in [6.45, 7) is 8.83. The first-order valence-electron chi connectivity index (χ1n) is 13.0. The molecule has 0 bridgehead atoms. The molecule has 1 fully saturated rings. The fraction of sp³-hybridized carbons (Fsp3) is 0.520. The van der Waals surface area contributed by atoms with Crippen LogP contribution in [0.4, 0.5) is 5.95 Å². The summed E-state index contributed by atoms with van der Waals surface area (Å²) >= 11 is 0. The van der Waals surface area contributed by atoms with Gasteiger partial charge >= 0.3 is 13.7 Å². The number of fused-ring (bicyclic) bond motifs is 1. The quantitative estimate of drug-likeness (QED) is 0.211. The maximum absolute atomic E-state index is 13.8. The number of para-hydroxylation sites is 1. The monoisotopic (exact) mass is 577 g/mol. The Balaban J connectivity index is 1.52. The zero-order valence-corrected chi connectivity index (χ0v) is 24.0. The van der Waals surface area contributed by atoms with Crippen LogP contribution < -0.4 is 25.8 Å². The van der Waals surface area contributed by atoms with E-state index in [1.54, 1.807) is 48.7 Å². The van der Waals surface area contributed by atoms with Crippen LogP contribution in [0.15, 0.2) is 36.7 Å². The largest absolute Gasteiger partial charge is 0.476 e. The minimum Gasteiger partial charge on any atom is -0.476 e. The molecule has 5 unspecified atom stereocenters. The number of hydrogen-bond donors (Lipinski definition) is 3. The van der Waals surface area contributed by atoms with Crippen LogP contribution in [-0.2, 0) is 23.4 Å². The molecule has 0 saturated carbocycles. The topological polar surface area (TPSA) is 188 Å². The Morgan fingerprint density at radius 2 is 2.00 bits per heavy atom. The number of nitrogens with two attached hydrogens (primary N) is 2. The molecule has 14 nitrogen and oxygen atoms in total. The van der Waals surface area contributed by atoms with Crippen molar-refractivity contribution in [1.82, 2.24) is 24.6 Å². The van der Waals surface area contributed by atoms with Crippen LogP contribution in [0.2, 0.25) is 0 Å². The molecule has 40 heavy (non-hydrogen) atoms. The van der Waals surface area contributed by atoms with Crippen molar-refractivity contribution in [1.29, 1.82) is 0 Å². The zero-order chi connectivity index (χ0) is 29.1. The van der Waals surface area contributed by atoms with Gasteiger partial charge in [0.05, 0.1) is 37.3 Å². The number of hydrogen-bond acceptors (Lipinski definition) is 12. The molecule has 0 amide bonds. The molecule has 1 aliphatic rings. The first kappa shape index (κ1) is 29.7. The summed E-state index contributed by atoms with van der Waals surface area (Å²) in [7, 11) is -4.07. The van der Waals surface area contributed by atoms with Gasteiger partial charge < -0.3 is 30.2 Å². The van der Waals surface area contributed by atoms with Gasteiger partial charge in [-0.3, -0.25) is 13.9 Å². The molecule has 4 rings (SSSR count). The number of ether oxygens (including phenoxy) is 3. The molecule has 1 saturated heterocycles. The Kier molecular flexibility index (Phi) is 8.96. The second-order valence-electron chi connectivity index (χ2n) is 10.00. The number of nitrogens with one attached hydrogen (secondary N) is 1. The van der Waals surface area contributed by atoms with E-state index >= 15 is 0 Å². The number of carbonyl (C=O) groups excluding carboxylic acids is 1. The molecule has 2 aromatic heterocycles. The number of nitrogens with zero attached hydrogens (tertiary/aromatic N) is 4. The number of benzene rings is 1. The van der Waals surface area contributed by atoms with Gasteiger partial charge in [-0.25, -0.2) is 9.55 Å². The van der Waals surface area contributed by atoms with E-state index in [4.69, 9.17) is 34.7 Å². The molecule has 5 N–H and O–H groups in total. The standard InChI is InChI=1S/C25H36N7O7P/c1-6-35-21-19-20(29-24(26)30-21)32(14-28-19)23-25(5,27)12-18(38-23)13-36-40(34,39-17-10-8-7-9-11-17)31-16(4)22(33)37-15(2)3/h7-11,14-16,18,23H,6,12-13,27H2,1-5H3,(H,31,34)(H2,26,29,30). The number of nitrogen functional groups attached to an aromatic ring is 1. The number of aromatic nitrogens is 4. The van der Waals surface area contributed by atoms with Crippen molar-refractivity contribution in [3.8, 4) is 11.6 Å². The van der Waals surface area contributed by atoms with E-state index in [0.717, 1.165) is 0 Å². The maximum Gasteiger partial charge on any atom is 0.459 e. The van der Waals surface area contributed by atoms with Crippen LogP contribution in [0.25, 0.3) is 11.2 Å². The van der Waals surface area contributed by atoms with Crippen LogP contribution in [-0.4, -0.2) is 62.5 Å². The molecular formula is C25H36N7O7P. The third-order valence-corrected chi connectivity index (χ3v) is 7.59. The Morgan fingerprint density at radius 1 is 1.27 bits per heavy atom. The van der Waals surface area contributed by atoms with Crippen molar-refractivity contribution in [3.63, 3.8) is 0 Å². The first-order chi connectivity index (χ1) is 18.9. The maximum atomic E-state index is 13.8. The highest BCUT2D eigenvalue weighted by molar-refractivity contribution is 7.52. The van der Waals surface area contributed by atoms with E-state index in [1.807, 2.05) is 13.8 Å². The summed E-state index contributed by atoms with van der Waals surface area (Å²) in [4.78, 5) is 25.2. The van der Waals surface area contributed by atoms with Crippen molar-refractivity contribution >= 4 is 30.8 Å². The molecule has 3 aromatic rings. The van der Waals surface area contributed by atoms with Gasteiger partial charge in [0.15, 0.2) is 17.4 Å². The van der Waals surface area contributed by atoms with Crippen molar-refractivity contribution in [2.75, 3.05) is 18.9 Å². The summed E-state index contributed by atoms with van der Waals surface area (Å²) in [6, 6.07) is 7.52. The van der Waals surface area contributed by atoms with Gasteiger partial charge in [0, 0.05) is 0 Å². The molecule has 5 atom stereocenters. The van der Waals surface area contributed by atoms with Gasteiger partial charge in [-0.1, -0.05) is 18.2 Å². The lowest BCUT2D eigenvalue weighted by Crippen LogP contribution is -2.41. The summed E-state index contributed by atoms with van der Waals surface area (Å²) in [5, 5.41) is 2.67. The summed E-state index contributed by atoms with van der Waals surface area (Å²) in [6.07, 6.45) is 0.232. The number of esters is 1. The van der Waals surface area contributed by atoms with Gasteiger partial charge in [0.2, 0.25) is 11.8 Å². The highest BCUT2D eigenvalue weighted by Gasteiger charge is 2.45. The molecule has 0 aliphatic carbocycles. The van der Waals surface area contributed by atoms with Crippen LogP contribution in [0.1, 0.15) is 47.3 Å². The predicted octanol–water partition coefficient (Wildman–Crippen LogP) is 2.95. The molecule has 3 heterocycles. The number of carbonyl (C=O) groups is 1. The highest BCUT2D eigenvalue weighted by atomic mass is 31.2. The number of imidazole rings is 1. The normalized spacial score (nSPS) is 23.2. The third kappa shape index (κ3) is 6.88. The van der Waals surface area contributed by atoms with Gasteiger partial charge in [0.1, 0.15) is 11.8 Å². The predicted molar refractivity (Wildman–Crippen MR) is 146 cm³/mol. The van der Waals surface area contributed by atoms with Crippen molar-refractivity contribution < 1.29 is 32.6 Å². The second-order valence-corrected chi connectivity index (χ2v) is 11.7. The van der Waals surface area contributed by atoms with E-state index in [9.17, 15) is 9.36 Å². The van der Waals surface area contributed by atoms with E-state index in [1.165, 1.54) is 13.3 Å². The van der Waals surface area contributed by atoms with Crippen LogP contribution in [0.3, 0.4) is 0 Å². The van der Waals surface area contributed by atoms with Crippen molar-refractivity contribution in [2.24, 2.45) is 5.73 Å². The fourth-order valence-corrected chi connectivity index (χ4v) is 5.81. The smallest absolute Gasteiger partial charge is 0.459 e. The Hall–Kier alpha value is -3.29. The third-order valence-electron chi connectivity index (χ3n) is 5.95.